The van der Waals surface area contributed by atoms with Crippen molar-refractivity contribution >= 4 is 17.2 Å². The summed E-state index contributed by atoms with van der Waals surface area (Å²) in [5.41, 5.74) is 2.70. The molecule has 0 saturated heterocycles. The average molecular weight is 421 g/mol. The Labute approximate surface area is 177 Å². The third-order valence-electron chi connectivity index (χ3n) is 4.35. The van der Waals surface area contributed by atoms with Crippen LogP contribution in [0.1, 0.15) is 17.3 Å². The number of amides is 1. The van der Waals surface area contributed by atoms with Crippen LogP contribution in [0, 0.1) is 0 Å². The van der Waals surface area contributed by atoms with E-state index in [1.54, 1.807) is 19.5 Å². The van der Waals surface area contributed by atoms with E-state index >= 15 is 0 Å². The molecule has 4 rings (SSSR count). The van der Waals surface area contributed by atoms with Crippen molar-refractivity contribution in [1.82, 2.24) is 25.4 Å². The van der Waals surface area contributed by atoms with Gasteiger partial charge < -0.3 is 14.6 Å². The number of nitrogens with zero attached hydrogens (tertiary/aromatic N) is 4. The molecule has 9 heteroatoms. The lowest BCUT2D eigenvalue weighted by Gasteiger charge is -2.01. The standard InChI is InChI=1S/C21H19N5O3S/c1-28-16-4-2-15(3-5-16)21-25-19(29-26-21)7-6-18(27)23-12-20-24-17(13-30-20)14-8-10-22-11-9-14/h2-5,8-11,13H,6-7,12H2,1H3,(H,23,27). The van der Waals surface area contributed by atoms with Gasteiger partial charge in [0.1, 0.15) is 10.8 Å². The maximum Gasteiger partial charge on any atom is 0.227 e. The lowest BCUT2D eigenvalue weighted by molar-refractivity contribution is -0.121. The molecule has 0 spiro atoms. The summed E-state index contributed by atoms with van der Waals surface area (Å²) in [5, 5.41) is 9.66. The molecule has 0 fully saturated rings. The summed E-state index contributed by atoms with van der Waals surface area (Å²) in [5.74, 6) is 1.57. The number of ether oxygens (including phenoxy) is 1. The van der Waals surface area contributed by atoms with Crippen LogP contribution in [0.5, 0.6) is 5.75 Å². The van der Waals surface area contributed by atoms with Crippen LogP contribution in [-0.4, -0.2) is 33.1 Å². The van der Waals surface area contributed by atoms with E-state index in [1.807, 2.05) is 41.8 Å². The van der Waals surface area contributed by atoms with Crippen LogP contribution in [-0.2, 0) is 17.8 Å². The smallest absolute Gasteiger partial charge is 0.227 e. The molecule has 0 atom stereocenters. The monoisotopic (exact) mass is 421 g/mol. The van der Waals surface area contributed by atoms with Gasteiger partial charge >= 0.3 is 0 Å². The molecular formula is C21H19N5O3S. The lowest BCUT2D eigenvalue weighted by Crippen LogP contribution is -2.22. The Kier molecular flexibility index (Phi) is 6.09. The first kappa shape index (κ1) is 19.7. The summed E-state index contributed by atoms with van der Waals surface area (Å²) in [4.78, 5) is 25.1. The number of rotatable bonds is 8. The molecule has 1 amide bonds. The van der Waals surface area contributed by atoms with Gasteiger partial charge in [-0.2, -0.15) is 4.98 Å². The van der Waals surface area contributed by atoms with Crippen LogP contribution >= 0.6 is 11.3 Å². The van der Waals surface area contributed by atoms with Crippen molar-refractivity contribution in [2.45, 2.75) is 19.4 Å². The molecule has 3 heterocycles. The fourth-order valence-electron chi connectivity index (χ4n) is 2.74. The van der Waals surface area contributed by atoms with Gasteiger partial charge in [0, 0.05) is 41.7 Å². The summed E-state index contributed by atoms with van der Waals surface area (Å²) >= 11 is 1.51. The Morgan fingerprint density at radius 1 is 1.10 bits per heavy atom. The number of carbonyl (C=O) groups excluding carboxylic acids is 1. The predicted molar refractivity (Wildman–Crippen MR) is 112 cm³/mol. The molecule has 0 aliphatic heterocycles. The highest BCUT2D eigenvalue weighted by Crippen LogP contribution is 2.21. The molecule has 30 heavy (non-hydrogen) atoms. The predicted octanol–water partition coefficient (Wildman–Crippen LogP) is 3.51. The van der Waals surface area contributed by atoms with Gasteiger partial charge in [-0.15, -0.1) is 11.3 Å². The van der Waals surface area contributed by atoms with Gasteiger partial charge in [-0.1, -0.05) is 5.16 Å². The number of hydrogen-bond acceptors (Lipinski definition) is 8. The van der Waals surface area contributed by atoms with Gasteiger partial charge in [0.25, 0.3) is 0 Å². The minimum atomic E-state index is -0.0974. The third kappa shape index (κ3) is 4.87. The first-order chi connectivity index (χ1) is 14.7. The molecule has 1 N–H and O–H groups in total. The van der Waals surface area contributed by atoms with Crippen LogP contribution in [0.15, 0.2) is 58.7 Å². The summed E-state index contributed by atoms with van der Waals surface area (Å²) in [6.45, 7) is 0.384. The Balaban J connectivity index is 1.26. The van der Waals surface area contributed by atoms with Crippen molar-refractivity contribution in [3.05, 3.63) is 65.1 Å². The van der Waals surface area contributed by atoms with E-state index in [9.17, 15) is 4.79 Å². The molecule has 1 aromatic carbocycles. The number of aryl methyl sites for hydroxylation is 1. The van der Waals surface area contributed by atoms with Crippen LogP contribution < -0.4 is 10.1 Å². The fraction of sp³-hybridized carbons (Fsp3) is 0.190. The summed E-state index contributed by atoms with van der Waals surface area (Å²) in [7, 11) is 1.61. The van der Waals surface area contributed by atoms with Crippen molar-refractivity contribution in [3.8, 4) is 28.4 Å². The fourth-order valence-corrected chi connectivity index (χ4v) is 3.49. The van der Waals surface area contributed by atoms with E-state index < -0.39 is 0 Å². The largest absolute Gasteiger partial charge is 0.497 e. The van der Waals surface area contributed by atoms with Gasteiger partial charge in [-0.25, -0.2) is 4.98 Å². The molecule has 0 radical (unpaired) electrons. The minimum Gasteiger partial charge on any atom is -0.497 e. The minimum absolute atomic E-state index is 0.0974. The topological polar surface area (TPSA) is 103 Å². The number of pyridine rings is 1. The zero-order chi connectivity index (χ0) is 20.8. The van der Waals surface area contributed by atoms with Crippen molar-refractivity contribution < 1.29 is 14.1 Å². The maximum atomic E-state index is 12.2. The highest BCUT2D eigenvalue weighted by molar-refractivity contribution is 7.09. The number of methoxy groups -OCH3 is 1. The van der Waals surface area contributed by atoms with E-state index in [-0.39, 0.29) is 12.3 Å². The number of benzene rings is 1. The molecule has 4 aromatic rings. The molecule has 0 unspecified atom stereocenters. The van der Waals surface area contributed by atoms with Crippen LogP contribution in [0.3, 0.4) is 0 Å². The molecule has 0 bridgehead atoms. The molecule has 3 aromatic heterocycles. The van der Waals surface area contributed by atoms with Crippen molar-refractivity contribution in [1.29, 1.82) is 0 Å². The van der Waals surface area contributed by atoms with Crippen LogP contribution in [0.4, 0.5) is 0 Å². The molecule has 8 nitrogen and oxygen atoms in total. The number of thiazole rings is 1. The number of aromatic nitrogens is 4. The summed E-state index contributed by atoms with van der Waals surface area (Å²) in [6, 6.07) is 11.2. The van der Waals surface area contributed by atoms with Crippen molar-refractivity contribution in [2.75, 3.05) is 7.11 Å². The highest BCUT2D eigenvalue weighted by Gasteiger charge is 2.12. The van der Waals surface area contributed by atoms with Gasteiger partial charge in [0.2, 0.25) is 17.6 Å². The van der Waals surface area contributed by atoms with Crippen molar-refractivity contribution in [3.63, 3.8) is 0 Å². The molecular weight excluding hydrogens is 402 g/mol. The average Bonchev–Trinajstić information content (AvgIpc) is 3.47. The number of carbonyl (C=O) groups is 1. The highest BCUT2D eigenvalue weighted by atomic mass is 32.1. The SMILES string of the molecule is COc1ccc(-c2noc(CCC(=O)NCc3nc(-c4ccncc4)cs3)n2)cc1. The van der Waals surface area contributed by atoms with Crippen LogP contribution in [0.25, 0.3) is 22.6 Å². The molecule has 0 saturated carbocycles. The second kappa shape index (κ2) is 9.27. The quantitative estimate of drug-likeness (QED) is 0.464. The van der Waals surface area contributed by atoms with Crippen LogP contribution in [0.2, 0.25) is 0 Å². The van der Waals surface area contributed by atoms with Gasteiger partial charge in [-0.05, 0) is 36.4 Å². The maximum absolute atomic E-state index is 12.2. The van der Waals surface area contributed by atoms with Crippen molar-refractivity contribution in [2.24, 2.45) is 0 Å². The first-order valence-electron chi connectivity index (χ1n) is 9.30. The van der Waals surface area contributed by atoms with Gasteiger partial charge in [0.15, 0.2) is 0 Å². The lowest BCUT2D eigenvalue weighted by atomic mass is 10.2. The number of hydrogen-bond donors (Lipinski definition) is 1. The van der Waals surface area contributed by atoms with E-state index in [1.165, 1.54) is 11.3 Å². The summed E-state index contributed by atoms with van der Waals surface area (Å²) < 4.78 is 10.4. The van der Waals surface area contributed by atoms with E-state index in [0.717, 1.165) is 27.6 Å². The molecule has 0 aliphatic carbocycles. The van der Waals surface area contributed by atoms with E-state index in [0.29, 0.717) is 24.7 Å². The molecule has 0 aliphatic rings. The summed E-state index contributed by atoms with van der Waals surface area (Å²) in [6.07, 6.45) is 4.09. The second-order valence-corrected chi connectivity index (χ2v) is 7.32. The third-order valence-corrected chi connectivity index (χ3v) is 5.20. The van der Waals surface area contributed by atoms with E-state index in [4.69, 9.17) is 9.26 Å². The Morgan fingerprint density at radius 3 is 2.67 bits per heavy atom. The zero-order valence-electron chi connectivity index (χ0n) is 16.2. The first-order valence-corrected chi connectivity index (χ1v) is 10.2. The zero-order valence-corrected chi connectivity index (χ0v) is 17.1. The second-order valence-electron chi connectivity index (χ2n) is 6.38. The number of nitrogens with one attached hydrogen (secondary N) is 1. The van der Waals surface area contributed by atoms with Gasteiger partial charge in [-0.3, -0.25) is 9.78 Å². The Hall–Kier alpha value is -3.59. The van der Waals surface area contributed by atoms with E-state index in [2.05, 4.69) is 25.4 Å². The normalized spacial score (nSPS) is 10.7. The Bertz CT molecular complexity index is 1110. The van der Waals surface area contributed by atoms with Gasteiger partial charge in [0.05, 0.1) is 19.3 Å². The molecule has 152 valence electrons. The Morgan fingerprint density at radius 2 is 1.90 bits per heavy atom.